The number of nitrogens with zero attached hydrogens (tertiary/aromatic N) is 7. The summed E-state index contributed by atoms with van der Waals surface area (Å²) in [7, 11) is 3.96. The standard InChI is InChI=1S/C25H24BrFN8O2/c1-33(2)10-11-34-16-30-32-24(34)22-14-20(8-9-29-22)37-23-7-6-19(13-21(23)27)35(25(28)36)31-15-17-4-3-5-18(26)12-17/h3-9,12-16H,10-11H2,1-2H3,(H2,28,36)/b31-15+. The number of pyridine rings is 1. The Morgan fingerprint density at radius 2 is 2.05 bits per heavy atom. The number of hydrogen-bond donors (Lipinski definition) is 1. The summed E-state index contributed by atoms with van der Waals surface area (Å²) in [5.74, 6) is 0.186. The number of primary amides is 1. The average molecular weight is 567 g/mol. The van der Waals surface area contributed by atoms with E-state index in [1.165, 1.54) is 18.3 Å². The van der Waals surface area contributed by atoms with Crippen molar-refractivity contribution in [3.05, 3.63) is 83.0 Å². The minimum Gasteiger partial charge on any atom is -0.454 e. The number of nitrogens with two attached hydrogens (primary N) is 1. The van der Waals surface area contributed by atoms with Gasteiger partial charge in [0.2, 0.25) is 0 Å². The van der Waals surface area contributed by atoms with Crippen LogP contribution in [-0.2, 0) is 6.54 Å². The lowest BCUT2D eigenvalue weighted by Gasteiger charge is -2.16. The van der Waals surface area contributed by atoms with Crippen molar-refractivity contribution in [1.82, 2.24) is 24.6 Å². The number of hydrazone groups is 1. The van der Waals surface area contributed by atoms with Gasteiger partial charge in [-0.05, 0) is 50.0 Å². The van der Waals surface area contributed by atoms with Crippen LogP contribution in [0.3, 0.4) is 0 Å². The lowest BCUT2D eigenvalue weighted by molar-refractivity contribution is 0.254. The van der Waals surface area contributed by atoms with Crippen LogP contribution in [0.5, 0.6) is 11.5 Å². The molecular weight excluding hydrogens is 543 g/mol. The quantitative estimate of drug-likeness (QED) is 0.235. The van der Waals surface area contributed by atoms with E-state index >= 15 is 0 Å². The molecule has 0 atom stereocenters. The Morgan fingerprint density at radius 3 is 2.78 bits per heavy atom. The van der Waals surface area contributed by atoms with E-state index in [0.717, 1.165) is 27.7 Å². The van der Waals surface area contributed by atoms with E-state index in [-0.39, 0.29) is 11.4 Å². The van der Waals surface area contributed by atoms with Crippen LogP contribution >= 0.6 is 15.9 Å². The molecule has 2 amide bonds. The summed E-state index contributed by atoms with van der Waals surface area (Å²) < 4.78 is 23.5. The number of carbonyl (C=O) groups excluding carboxylic acids is 1. The van der Waals surface area contributed by atoms with Gasteiger partial charge in [-0.15, -0.1) is 10.2 Å². The van der Waals surface area contributed by atoms with Gasteiger partial charge in [0.15, 0.2) is 17.4 Å². The summed E-state index contributed by atoms with van der Waals surface area (Å²) >= 11 is 3.37. The zero-order valence-corrected chi connectivity index (χ0v) is 21.7. The molecule has 37 heavy (non-hydrogen) atoms. The van der Waals surface area contributed by atoms with Crippen LogP contribution in [0.4, 0.5) is 14.9 Å². The van der Waals surface area contributed by atoms with Gasteiger partial charge < -0.3 is 19.9 Å². The highest BCUT2D eigenvalue weighted by Crippen LogP contribution is 2.30. The summed E-state index contributed by atoms with van der Waals surface area (Å²) in [5.41, 5.74) is 6.89. The predicted octanol–water partition coefficient (Wildman–Crippen LogP) is 4.51. The molecule has 0 aliphatic rings. The molecule has 2 N–H and O–H groups in total. The number of hydrogen-bond acceptors (Lipinski definition) is 7. The van der Waals surface area contributed by atoms with Gasteiger partial charge in [0.25, 0.3) is 0 Å². The topological polar surface area (TPSA) is 115 Å². The maximum atomic E-state index is 15.0. The van der Waals surface area contributed by atoms with Crippen molar-refractivity contribution in [1.29, 1.82) is 0 Å². The third-order valence-corrected chi connectivity index (χ3v) is 5.62. The summed E-state index contributed by atoms with van der Waals surface area (Å²) in [6.45, 7) is 1.48. The molecule has 0 saturated carbocycles. The Balaban J connectivity index is 1.53. The summed E-state index contributed by atoms with van der Waals surface area (Å²) in [4.78, 5) is 18.4. The van der Waals surface area contributed by atoms with Gasteiger partial charge in [0.1, 0.15) is 17.8 Å². The van der Waals surface area contributed by atoms with Crippen LogP contribution in [0.1, 0.15) is 5.56 Å². The van der Waals surface area contributed by atoms with Gasteiger partial charge in [-0.3, -0.25) is 4.98 Å². The fourth-order valence-corrected chi connectivity index (χ4v) is 3.73. The van der Waals surface area contributed by atoms with Gasteiger partial charge in [0.05, 0.1) is 11.9 Å². The van der Waals surface area contributed by atoms with Gasteiger partial charge >= 0.3 is 6.03 Å². The van der Waals surface area contributed by atoms with E-state index in [1.54, 1.807) is 30.7 Å². The van der Waals surface area contributed by atoms with Crippen LogP contribution in [0.25, 0.3) is 11.5 Å². The number of ether oxygens (including phenoxy) is 1. The van der Waals surface area contributed by atoms with Crippen molar-refractivity contribution >= 4 is 33.9 Å². The van der Waals surface area contributed by atoms with Crippen LogP contribution in [0.15, 0.2) is 76.7 Å². The number of halogens is 2. The lowest BCUT2D eigenvalue weighted by atomic mass is 10.2. The van der Waals surface area contributed by atoms with E-state index in [1.807, 2.05) is 36.9 Å². The maximum absolute atomic E-state index is 15.0. The van der Waals surface area contributed by atoms with Gasteiger partial charge in [-0.2, -0.15) is 10.1 Å². The maximum Gasteiger partial charge on any atom is 0.340 e. The Labute approximate surface area is 221 Å². The molecule has 0 aliphatic carbocycles. The van der Waals surface area contributed by atoms with Gasteiger partial charge in [-0.25, -0.2) is 9.18 Å². The fraction of sp³-hybridized carbons (Fsp3) is 0.160. The molecule has 2 aromatic carbocycles. The molecule has 0 spiro atoms. The normalized spacial score (nSPS) is 11.3. The number of rotatable bonds is 9. The van der Waals surface area contributed by atoms with Crippen LogP contribution < -0.4 is 15.5 Å². The molecule has 0 bridgehead atoms. The van der Waals surface area contributed by atoms with Crippen molar-refractivity contribution in [2.45, 2.75) is 6.54 Å². The predicted molar refractivity (Wildman–Crippen MR) is 142 cm³/mol. The second-order valence-corrected chi connectivity index (χ2v) is 9.11. The highest BCUT2D eigenvalue weighted by atomic mass is 79.9. The number of urea groups is 1. The molecule has 0 saturated heterocycles. The van der Waals surface area contributed by atoms with E-state index in [9.17, 15) is 9.18 Å². The van der Waals surface area contributed by atoms with Crippen LogP contribution in [0.2, 0.25) is 0 Å². The monoisotopic (exact) mass is 566 g/mol. The highest BCUT2D eigenvalue weighted by molar-refractivity contribution is 9.10. The number of likely N-dealkylation sites (N-methyl/N-ethyl adjacent to an activating group) is 1. The average Bonchev–Trinajstić information content (AvgIpc) is 3.33. The molecule has 10 nitrogen and oxygen atoms in total. The first-order chi connectivity index (χ1) is 17.8. The number of benzene rings is 2. The van der Waals surface area contributed by atoms with Crippen molar-refractivity contribution in [2.75, 3.05) is 25.6 Å². The Bertz CT molecular complexity index is 1430. The van der Waals surface area contributed by atoms with E-state index in [4.69, 9.17) is 10.5 Å². The molecule has 2 heterocycles. The van der Waals surface area contributed by atoms with Crippen molar-refractivity contribution in [3.8, 4) is 23.0 Å². The molecule has 12 heteroatoms. The summed E-state index contributed by atoms with van der Waals surface area (Å²) in [5, 5.41) is 13.2. The van der Waals surface area contributed by atoms with Crippen molar-refractivity contribution in [3.63, 3.8) is 0 Å². The van der Waals surface area contributed by atoms with Crippen LogP contribution in [-0.4, -0.2) is 57.5 Å². The summed E-state index contributed by atoms with van der Waals surface area (Å²) in [6, 6.07) is 13.7. The minimum atomic E-state index is -0.864. The number of amides is 2. The molecule has 4 aromatic rings. The lowest BCUT2D eigenvalue weighted by Crippen LogP contribution is -2.31. The Kier molecular flexibility index (Phi) is 8.21. The second-order valence-electron chi connectivity index (χ2n) is 8.19. The number of aromatic nitrogens is 4. The third kappa shape index (κ3) is 6.74. The Morgan fingerprint density at radius 1 is 1.22 bits per heavy atom. The van der Waals surface area contributed by atoms with Gasteiger partial charge in [-0.1, -0.05) is 28.1 Å². The zero-order chi connectivity index (χ0) is 26.4. The van der Waals surface area contributed by atoms with E-state index < -0.39 is 11.8 Å². The highest BCUT2D eigenvalue weighted by Gasteiger charge is 2.16. The fourth-order valence-electron chi connectivity index (χ4n) is 3.31. The molecule has 0 aliphatic heterocycles. The minimum absolute atomic E-state index is 0.0460. The molecule has 0 fully saturated rings. The molecule has 4 rings (SSSR count). The van der Waals surface area contributed by atoms with E-state index in [2.05, 4.69) is 41.1 Å². The summed E-state index contributed by atoms with van der Waals surface area (Å²) in [6.07, 6.45) is 4.64. The number of anilines is 1. The zero-order valence-electron chi connectivity index (χ0n) is 20.1. The third-order valence-electron chi connectivity index (χ3n) is 5.13. The van der Waals surface area contributed by atoms with E-state index in [0.29, 0.717) is 23.8 Å². The molecule has 0 unspecified atom stereocenters. The second kappa shape index (κ2) is 11.7. The smallest absolute Gasteiger partial charge is 0.340 e. The first-order valence-electron chi connectivity index (χ1n) is 11.2. The molecule has 2 aromatic heterocycles. The number of carbonyl (C=O) groups is 1. The Hall–Kier alpha value is -4.16. The van der Waals surface area contributed by atoms with Crippen molar-refractivity contribution in [2.24, 2.45) is 10.8 Å². The SMILES string of the molecule is CN(C)CCn1cnnc1-c1cc(Oc2ccc(N(/N=C/c3cccc(Br)c3)C(N)=O)cc2F)ccn1. The molecular formula is C25H24BrFN8O2. The first-order valence-corrected chi connectivity index (χ1v) is 11.9. The first kappa shape index (κ1) is 25.9. The van der Waals surface area contributed by atoms with Crippen LogP contribution in [0, 0.1) is 5.82 Å². The van der Waals surface area contributed by atoms with Gasteiger partial charge in [0, 0.05) is 35.9 Å². The molecule has 0 radical (unpaired) electrons. The molecule has 190 valence electrons. The van der Waals surface area contributed by atoms with Crippen molar-refractivity contribution < 1.29 is 13.9 Å². The largest absolute Gasteiger partial charge is 0.454 e.